The quantitative estimate of drug-likeness (QED) is 0.210. The highest BCUT2D eigenvalue weighted by atomic mass is 31.2. The molecule has 0 saturated heterocycles. The van der Waals surface area contributed by atoms with Crippen LogP contribution in [0.4, 0.5) is 4.39 Å². The van der Waals surface area contributed by atoms with Crippen LogP contribution in [0, 0.1) is 19.7 Å². The third kappa shape index (κ3) is 4.94. The number of benzene rings is 1. The van der Waals surface area contributed by atoms with Crippen molar-refractivity contribution in [3.8, 4) is 17.4 Å². The van der Waals surface area contributed by atoms with Gasteiger partial charge in [-0.25, -0.2) is 8.91 Å². The molecule has 3 heterocycles. The molecule has 0 bridgehead atoms. The van der Waals surface area contributed by atoms with Crippen LogP contribution < -0.4 is 9.47 Å². The Morgan fingerprint density at radius 1 is 1.15 bits per heavy atom. The largest absolute Gasteiger partial charge is 0.492 e. The molecule has 3 aromatic heterocycles. The molecule has 0 saturated carbocycles. The van der Waals surface area contributed by atoms with Crippen molar-refractivity contribution in [3.05, 3.63) is 47.8 Å². The number of halogens is 1. The molecule has 0 unspecified atom stereocenters. The summed E-state index contributed by atoms with van der Waals surface area (Å²) in [7, 11) is -3.11. The Hall–Kier alpha value is -2.94. The van der Waals surface area contributed by atoms with E-state index >= 15 is 4.39 Å². The Kier molecular flexibility index (Phi) is 7.21. The minimum absolute atomic E-state index is 0.0674. The number of hydrogen-bond donors (Lipinski definition) is 1. The SMILES string of the molecule is CCOP(=O)(CCCOc1cn2ncnc(Oc3ccc4[nH]c(C)cc4c3F)c2c1C)OCC. The van der Waals surface area contributed by atoms with Gasteiger partial charge in [0.25, 0.3) is 0 Å². The molecule has 0 radical (unpaired) electrons. The average molecular weight is 490 g/mol. The van der Waals surface area contributed by atoms with Crippen LogP contribution in [0.2, 0.25) is 0 Å². The number of nitrogens with one attached hydrogen (secondary N) is 1. The smallest absolute Gasteiger partial charge is 0.330 e. The van der Waals surface area contributed by atoms with Gasteiger partial charge in [-0.1, -0.05) is 0 Å². The lowest BCUT2D eigenvalue weighted by atomic mass is 10.2. The van der Waals surface area contributed by atoms with Gasteiger partial charge in [-0.2, -0.15) is 10.1 Å². The van der Waals surface area contributed by atoms with Gasteiger partial charge in [0.05, 0.1) is 32.2 Å². The predicted octanol–water partition coefficient (Wildman–Crippen LogP) is 5.79. The van der Waals surface area contributed by atoms with E-state index in [2.05, 4.69) is 15.1 Å². The summed E-state index contributed by atoms with van der Waals surface area (Å²) >= 11 is 0. The Morgan fingerprint density at radius 3 is 2.65 bits per heavy atom. The van der Waals surface area contributed by atoms with E-state index in [1.807, 2.05) is 13.8 Å². The topological polar surface area (TPSA) is 100.0 Å². The molecule has 4 rings (SSSR count). The van der Waals surface area contributed by atoms with Crippen molar-refractivity contribution in [1.82, 2.24) is 19.6 Å². The first-order valence-corrected chi connectivity index (χ1v) is 12.9. The fourth-order valence-electron chi connectivity index (χ4n) is 3.80. The van der Waals surface area contributed by atoms with E-state index in [0.717, 1.165) is 11.3 Å². The Labute approximate surface area is 196 Å². The molecule has 0 aliphatic heterocycles. The summed E-state index contributed by atoms with van der Waals surface area (Å²) < 4.78 is 51.6. The van der Waals surface area contributed by atoms with Crippen molar-refractivity contribution in [2.45, 2.75) is 34.1 Å². The molecule has 0 spiro atoms. The first-order valence-electron chi connectivity index (χ1n) is 11.1. The minimum Gasteiger partial charge on any atom is -0.492 e. The van der Waals surface area contributed by atoms with Gasteiger partial charge in [0.1, 0.15) is 17.6 Å². The van der Waals surface area contributed by atoms with Crippen molar-refractivity contribution in [2.24, 2.45) is 0 Å². The molecule has 0 amide bonds. The highest BCUT2D eigenvalue weighted by Gasteiger charge is 2.23. The summed E-state index contributed by atoms with van der Waals surface area (Å²) in [4.78, 5) is 7.32. The zero-order valence-corrected chi connectivity index (χ0v) is 20.5. The zero-order valence-electron chi connectivity index (χ0n) is 19.6. The van der Waals surface area contributed by atoms with Crippen molar-refractivity contribution in [2.75, 3.05) is 26.0 Å². The number of aryl methyl sites for hydroxylation is 2. The van der Waals surface area contributed by atoms with E-state index < -0.39 is 13.4 Å². The molecule has 9 nitrogen and oxygen atoms in total. The van der Waals surface area contributed by atoms with Crippen molar-refractivity contribution < 1.29 is 27.5 Å². The first kappa shape index (κ1) is 24.2. The van der Waals surface area contributed by atoms with Crippen molar-refractivity contribution in [3.63, 3.8) is 0 Å². The monoisotopic (exact) mass is 490 g/mol. The third-order valence-electron chi connectivity index (χ3n) is 5.28. The maximum absolute atomic E-state index is 15.0. The van der Waals surface area contributed by atoms with E-state index in [-0.39, 0.29) is 17.8 Å². The molecule has 4 aromatic rings. The summed E-state index contributed by atoms with van der Waals surface area (Å²) in [6.07, 6.45) is 3.79. The second kappa shape index (κ2) is 10.1. The first-order chi connectivity index (χ1) is 16.3. The molecule has 1 N–H and O–H groups in total. The maximum atomic E-state index is 15.0. The van der Waals surface area contributed by atoms with Gasteiger partial charge in [0.2, 0.25) is 5.88 Å². The number of rotatable bonds is 11. The molecular formula is C23H28FN4O5P. The van der Waals surface area contributed by atoms with Gasteiger partial charge < -0.3 is 23.5 Å². The number of nitrogens with zero attached hydrogens (tertiary/aromatic N) is 3. The molecule has 0 fully saturated rings. The zero-order chi connectivity index (χ0) is 24.3. The summed E-state index contributed by atoms with van der Waals surface area (Å²) in [6, 6.07) is 5.07. The predicted molar refractivity (Wildman–Crippen MR) is 127 cm³/mol. The highest BCUT2D eigenvalue weighted by molar-refractivity contribution is 7.53. The maximum Gasteiger partial charge on any atom is 0.330 e. The van der Waals surface area contributed by atoms with Crippen LogP contribution >= 0.6 is 7.60 Å². The number of fused-ring (bicyclic) bond motifs is 2. The van der Waals surface area contributed by atoms with Gasteiger partial charge in [0.15, 0.2) is 11.6 Å². The fourth-order valence-corrected chi connectivity index (χ4v) is 5.43. The Bertz CT molecular complexity index is 1340. The van der Waals surface area contributed by atoms with Crippen LogP contribution in [0.25, 0.3) is 16.4 Å². The van der Waals surface area contributed by atoms with E-state index in [9.17, 15) is 4.57 Å². The molecule has 34 heavy (non-hydrogen) atoms. The van der Waals surface area contributed by atoms with E-state index in [1.165, 1.54) is 6.33 Å². The van der Waals surface area contributed by atoms with E-state index in [0.29, 0.717) is 48.4 Å². The lowest BCUT2D eigenvalue weighted by Crippen LogP contribution is -2.05. The van der Waals surface area contributed by atoms with Crippen LogP contribution in [0.5, 0.6) is 17.4 Å². The summed E-state index contributed by atoms with van der Waals surface area (Å²) in [5.74, 6) is 0.389. The number of aromatic amines is 1. The van der Waals surface area contributed by atoms with Crippen LogP contribution in [0.3, 0.4) is 0 Å². The summed E-state index contributed by atoms with van der Waals surface area (Å²) in [6.45, 7) is 8.22. The normalized spacial score (nSPS) is 12.0. The van der Waals surface area contributed by atoms with Crippen molar-refractivity contribution >= 4 is 24.0 Å². The van der Waals surface area contributed by atoms with Crippen LogP contribution in [-0.2, 0) is 13.6 Å². The van der Waals surface area contributed by atoms with E-state index in [1.54, 1.807) is 42.8 Å². The standard InChI is InChI=1S/C23H28FN4O5P/c1-5-31-34(29,32-6-2)11-7-10-30-20-13-28-22(16(20)4)23(25-14-26-28)33-19-9-8-18-17(21(19)24)12-15(3)27-18/h8-9,12-14,27H,5-7,10-11H2,1-4H3. The average Bonchev–Trinajstić information content (AvgIpc) is 3.34. The van der Waals surface area contributed by atoms with Gasteiger partial charge in [-0.05, 0) is 52.3 Å². The van der Waals surface area contributed by atoms with Crippen molar-refractivity contribution in [1.29, 1.82) is 0 Å². The number of ether oxygens (including phenoxy) is 2. The molecule has 11 heteroatoms. The molecule has 0 aliphatic rings. The summed E-state index contributed by atoms with van der Waals surface area (Å²) in [5, 5.41) is 4.67. The second-order valence-electron chi connectivity index (χ2n) is 7.74. The van der Waals surface area contributed by atoms with Crippen LogP contribution in [-0.4, -0.2) is 45.6 Å². The van der Waals surface area contributed by atoms with Crippen LogP contribution in [0.15, 0.2) is 30.7 Å². The summed E-state index contributed by atoms with van der Waals surface area (Å²) in [5.41, 5.74) is 2.87. The Balaban J connectivity index is 1.51. The molecule has 1 aromatic carbocycles. The van der Waals surface area contributed by atoms with Gasteiger partial charge in [-0.3, -0.25) is 4.57 Å². The number of aromatic nitrogens is 4. The number of hydrogen-bond acceptors (Lipinski definition) is 7. The lowest BCUT2D eigenvalue weighted by molar-refractivity contribution is 0.216. The Morgan fingerprint density at radius 2 is 1.91 bits per heavy atom. The van der Waals surface area contributed by atoms with Gasteiger partial charge in [0, 0.05) is 22.2 Å². The third-order valence-corrected chi connectivity index (χ3v) is 7.44. The highest BCUT2D eigenvalue weighted by Crippen LogP contribution is 2.48. The van der Waals surface area contributed by atoms with E-state index in [4.69, 9.17) is 18.5 Å². The molecule has 182 valence electrons. The molecule has 0 atom stereocenters. The molecule has 0 aliphatic carbocycles. The van der Waals surface area contributed by atoms with Gasteiger partial charge >= 0.3 is 7.60 Å². The fraction of sp³-hybridized carbons (Fsp3) is 0.391. The minimum atomic E-state index is -3.11. The van der Waals surface area contributed by atoms with Crippen LogP contribution in [0.1, 0.15) is 31.5 Å². The van der Waals surface area contributed by atoms with Gasteiger partial charge in [-0.15, -0.1) is 0 Å². The lowest BCUT2D eigenvalue weighted by Gasteiger charge is -2.16. The number of H-pyrrole nitrogens is 1. The second-order valence-corrected chi connectivity index (χ2v) is 9.93. The molecular weight excluding hydrogens is 462 g/mol.